The molecule has 0 aliphatic carbocycles. The smallest absolute Gasteiger partial charge is 0.307 e. The molecule has 1 amide bonds. The first-order chi connectivity index (χ1) is 8.54. The maximum Gasteiger partial charge on any atom is 0.307 e. The summed E-state index contributed by atoms with van der Waals surface area (Å²) >= 11 is 0. The van der Waals surface area contributed by atoms with Gasteiger partial charge in [0, 0.05) is 13.1 Å². The highest BCUT2D eigenvalue weighted by Gasteiger charge is 2.20. The maximum atomic E-state index is 12.0. The minimum absolute atomic E-state index is 0.0790. The summed E-state index contributed by atoms with van der Waals surface area (Å²) in [5.74, 6) is -0.580. The van der Waals surface area contributed by atoms with Gasteiger partial charge in [0.15, 0.2) is 5.76 Å². The van der Waals surface area contributed by atoms with Gasteiger partial charge >= 0.3 is 5.97 Å². The lowest BCUT2D eigenvalue weighted by Crippen LogP contribution is -2.38. The van der Waals surface area contributed by atoms with Gasteiger partial charge in [-0.15, -0.1) is 0 Å². The quantitative estimate of drug-likeness (QED) is 0.755. The van der Waals surface area contributed by atoms with Crippen molar-refractivity contribution in [2.45, 2.75) is 19.4 Å². The SMILES string of the molecule is COC(=O)CCN(CC(C)O)C(=O)c1ccco1. The van der Waals surface area contributed by atoms with Crippen LogP contribution in [0.3, 0.4) is 0 Å². The van der Waals surface area contributed by atoms with Crippen LogP contribution in [0.4, 0.5) is 0 Å². The molecule has 0 saturated heterocycles. The number of furan rings is 1. The van der Waals surface area contributed by atoms with E-state index >= 15 is 0 Å². The summed E-state index contributed by atoms with van der Waals surface area (Å²) in [7, 11) is 1.29. The molecule has 100 valence electrons. The van der Waals surface area contributed by atoms with Crippen molar-refractivity contribution in [3.63, 3.8) is 0 Å². The van der Waals surface area contributed by atoms with Crippen LogP contribution in [0.2, 0.25) is 0 Å². The molecule has 0 aliphatic rings. The summed E-state index contributed by atoms with van der Waals surface area (Å²) in [5.41, 5.74) is 0. The third-order valence-electron chi connectivity index (χ3n) is 2.32. The number of hydrogen-bond acceptors (Lipinski definition) is 5. The Kier molecular flexibility index (Phi) is 5.38. The van der Waals surface area contributed by atoms with Gasteiger partial charge in [-0.2, -0.15) is 0 Å². The lowest BCUT2D eigenvalue weighted by molar-refractivity contribution is -0.140. The third-order valence-corrected chi connectivity index (χ3v) is 2.32. The van der Waals surface area contributed by atoms with Crippen LogP contribution in [0, 0.1) is 0 Å². The highest BCUT2D eigenvalue weighted by atomic mass is 16.5. The van der Waals surface area contributed by atoms with Crippen molar-refractivity contribution in [1.29, 1.82) is 0 Å². The Balaban J connectivity index is 2.65. The minimum Gasteiger partial charge on any atom is -0.469 e. The van der Waals surface area contributed by atoms with E-state index in [1.807, 2.05) is 0 Å². The summed E-state index contributed by atoms with van der Waals surface area (Å²) < 4.78 is 9.52. The van der Waals surface area contributed by atoms with E-state index in [1.54, 1.807) is 13.0 Å². The predicted octanol–water partition coefficient (Wildman–Crippen LogP) is 0.666. The molecule has 1 rings (SSSR count). The van der Waals surface area contributed by atoms with Gasteiger partial charge in [-0.05, 0) is 19.1 Å². The van der Waals surface area contributed by atoms with Crippen LogP contribution in [0.15, 0.2) is 22.8 Å². The van der Waals surface area contributed by atoms with E-state index in [0.717, 1.165) is 0 Å². The van der Waals surface area contributed by atoms with Crippen LogP contribution in [0.5, 0.6) is 0 Å². The number of carbonyl (C=O) groups is 2. The molecule has 6 heteroatoms. The van der Waals surface area contributed by atoms with Gasteiger partial charge in [-0.1, -0.05) is 0 Å². The van der Waals surface area contributed by atoms with Gasteiger partial charge in [-0.25, -0.2) is 0 Å². The van der Waals surface area contributed by atoms with Crippen LogP contribution >= 0.6 is 0 Å². The summed E-state index contributed by atoms with van der Waals surface area (Å²) in [4.78, 5) is 24.4. The number of ether oxygens (including phenoxy) is 1. The fourth-order valence-corrected chi connectivity index (χ4v) is 1.48. The first-order valence-electron chi connectivity index (χ1n) is 5.62. The number of rotatable bonds is 6. The van der Waals surface area contributed by atoms with Crippen molar-refractivity contribution in [3.8, 4) is 0 Å². The lowest BCUT2D eigenvalue weighted by Gasteiger charge is -2.22. The van der Waals surface area contributed by atoms with Crippen molar-refractivity contribution in [2.75, 3.05) is 20.2 Å². The lowest BCUT2D eigenvalue weighted by atomic mass is 10.3. The molecule has 1 heterocycles. The second-order valence-corrected chi connectivity index (χ2v) is 3.90. The number of aliphatic hydroxyl groups excluding tert-OH is 1. The fourth-order valence-electron chi connectivity index (χ4n) is 1.48. The van der Waals surface area contributed by atoms with Crippen LogP contribution in [-0.2, 0) is 9.53 Å². The normalized spacial score (nSPS) is 11.9. The number of aliphatic hydroxyl groups is 1. The van der Waals surface area contributed by atoms with Crippen LogP contribution in [0.1, 0.15) is 23.9 Å². The second-order valence-electron chi connectivity index (χ2n) is 3.90. The van der Waals surface area contributed by atoms with Crippen molar-refractivity contribution in [1.82, 2.24) is 4.90 Å². The van der Waals surface area contributed by atoms with Crippen LogP contribution in [0.25, 0.3) is 0 Å². The number of carbonyl (C=O) groups excluding carboxylic acids is 2. The maximum absolute atomic E-state index is 12.0. The average molecular weight is 255 g/mol. The number of amides is 1. The molecule has 0 fully saturated rings. The van der Waals surface area contributed by atoms with E-state index in [0.29, 0.717) is 0 Å². The molecule has 0 spiro atoms. The Bertz CT molecular complexity index is 385. The molecule has 1 N–H and O–H groups in total. The molecule has 18 heavy (non-hydrogen) atoms. The van der Waals surface area contributed by atoms with E-state index in [-0.39, 0.29) is 31.2 Å². The standard InChI is InChI=1S/C12H17NO5/c1-9(14)8-13(6-5-11(15)17-2)12(16)10-4-3-7-18-10/h3-4,7,9,14H,5-6,8H2,1-2H3. The van der Waals surface area contributed by atoms with Crippen molar-refractivity contribution >= 4 is 11.9 Å². The fraction of sp³-hybridized carbons (Fsp3) is 0.500. The molecule has 1 atom stereocenters. The Labute approximate surface area is 105 Å². The van der Waals surface area contributed by atoms with Crippen LogP contribution < -0.4 is 0 Å². The highest BCUT2D eigenvalue weighted by Crippen LogP contribution is 2.07. The number of hydrogen-bond donors (Lipinski definition) is 1. The number of esters is 1. The molecular weight excluding hydrogens is 238 g/mol. The van der Waals surface area contributed by atoms with Gasteiger partial charge in [0.2, 0.25) is 0 Å². The summed E-state index contributed by atoms with van der Waals surface area (Å²) in [6, 6.07) is 3.14. The predicted molar refractivity (Wildman–Crippen MR) is 62.9 cm³/mol. The molecule has 1 aromatic heterocycles. The molecule has 0 bridgehead atoms. The zero-order chi connectivity index (χ0) is 13.5. The largest absolute Gasteiger partial charge is 0.469 e. The first kappa shape index (κ1) is 14.2. The zero-order valence-corrected chi connectivity index (χ0v) is 10.5. The van der Waals surface area contributed by atoms with E-state index in [9.17, 15) is 14.7 Å². The molecule has 6 nitrogen and oxygen atoms in total. The highest BCUT2D eigenvalue weighted by molar-refractivity contribution is 5.91. The van der Waals surface area contributed by atoms with Gasteiger partial charge in [0.05, 0.1) is 25.9 Å². The van der Waals surface area contributed by atoms with Gasteiger partial charge in [-0.3, -0.25) is 9.59 Å². The van der Waals surface area contributed by atoms with Gasteiger partial charge < -0.3 is 19.2 Å². The Hall–Kier alpha value is -1.82. The molecule has 0 saturated carbocycles. The Morgan fingerprint density at radius 2 is 2.28 bits per heavy atom. The number of nitrogens with zero attached hydrogens (tertiary/aromatic N) is 1. The average Bonchev–Trinajstić information content (AvgIpc) is 2.86. The molecule has 0 radical (unpaired) electrons. The molecule has 1 unspecified atom stereocenters. The van der Waals surface area contributed by atoms with Gasteiger partial charge in [0.25, 0.3) is 5.91 Å². The molecule has 0 aromatic carbocycles. The summed E-state index contributed by atoms with van der Waals surface area (Å²) in [5, 5.41) is 9.35. The number of methoxy groups -OCH3 is 1. The monoisotopic (exact) mass is 255 g/mol. The first-order valence-corrected chi connectivity index (χ1v) is 5.62. The van der Waals surface area contributed by atoms with E-state index in [4.69, 9.17) is 4.42 Å². The van der Waals surface area contributed by atoms with E-state index < -0.39 is 12.1 Å². The molecule has 0 aliphatic heterocycles. The van der Waals surface area contributed by atoms with Gasteiger partial charge in [0.1, 0.15) is 0 Å². The topological polar surface area (TPSA) is 80.0 Å². The summed E-state index contributed by atoms with van der Waals surface area (Å²) in [6.45, 7) is 1.88. The summed E-state index contributed by atoms with van der Waals surface area (Å²) in [6.07, 6.45) is 0.797. The van der Waals surface area contributed by atoms with E-state index in [1.165, 1.54) is 24.3 Å². The third kappa shape index (κ3) is 4.21. The second kappa shape index (κ2) is 6.80. The van der Waals surface area contributed by atoms with Crippen molar-refractivity contribution in [2.24, 2.45) is 0 Å². The van der Waals surface area contributed by atoms with Crippen LogP contribution in [-0.4, -0.2) is 48.2 Å². The van der Waals surface area contributed by atoms with Crippen molar-refractivity contribution < 1.29 is 23.8 Å². The minimum atomic E-state index is -0.679. The zero-order valence-electron chi connectivity index (χ0n) is 10.5. The van der Waals surface area contributed by atoms with Crippen molar-refractivity contribution in [3.05, 3.63) is 24.2 Å². The van der Waals surface area contributed by atoms with E-state index in [2.05, 4.69) is 4.74 Å². The Morgan fingerprint density at radius 1 is 1.56 bits per heavy atom. The molecule has 1 aromatic rings. The molecular formula is C12H17NO5. The Morgan fingerprint density at radius 3 is 2.78 bits per heavy atom.